The minimum absolute atomic E-state index is 0.252. The molecule has 0 aliphatic heterocycles. The number of nitrogens with one attached hydrogen (secondary N) is 2. The number of amides is 2. The highest BCUT2D eigenvalue weighted by molar-refractivity contribution is 7.16. The molecule has 0 atom stereocenters. The predicted octanol–water partition coefficient (Wildman–Crippen LogP) is 2.99. The summed E-state index contributed by atoms with van der Waals surface area (Å²) in [6, 6.07) is 8.36. The van der Waals surface area contributed by atoms with E-state index in [1.165, 1.54) is 24.3 Å². The summed E-state index contributed by atoms with van der Waals surface area (Å²) in [7, 11) is 0. The van der Waals surface area contributed by atoms with Crippen molar-refractivity contribution in [3.8, 4) is 6.07 Å². The summed E-state index contributed by atoms with van der Waals surface area (Å²) in [6.45, 7) is 4.45. The van der Waals surface area contributed by atoms with E-state index in [4.69, 9.17) is 10.00 Å². The Labute approximate surface area is 154 Å². The minimum atomic E-state index is -0.684. The SMILES string of the molecule is CC(=O)Nc1sc(C)c(C)c1C(=O)OCC(=O)Nc1cccc(C#N)c1. The third kappa shape index (κ3) is 4.68. The molecule has 2 rings (SSSR count). The number of anilines is 2. The highest BCUT2D eigenvalue weighted by Crippen LogP contribution is 2.32. The van der Waals surface area contributed by atoms with Gasteiger partial charge in [-0.15, -0.1) is 11.3 Å². The number of rotatable bonds is 5. The Kier molecular flexibility index (Phi) is 6.09. The first-order valence-electron chi connectivity index (χ1n) is 7.66. The van der Waals surface area contributed by atoms with Crippen molar-refractivity contribution >= 4 is 39.8 Å². The monoisotopic (exact) mass is 371 g/mol. The van der Waals surface area contributed by atoms with Crippen molar-refractivity contribution in [2.75, 3.05) is 17.2 Å². The molecule has 0 aliphatic carbocycles. The van der Waals surface area contributed by atoms with Gasteiger partial charge in [0.05, 0.1) is 17.2 Å². The van der Waals surface area contributed by atoms with E-state index < -0.39 is 18.5 Å². The van der Waals surface area contributed by atoms with E-state index >= 15 is 0 Å². The van der Waals surface area contributed by atoms with Gasteiger partial charge in [-0.3, -0.25) is 9.59 Å². The maximum absolute atomic E-state index is 12.3. The molecular formula is C18H17N3O4S. The first kappa shape index (κ1) is 19.1. The van der Waals surface area contributed by atoms with Gasteiger partial charge < -0.3 is 15.4 Å². The second kappa shape index (κ2) is 8.27. The Balaban J connectivity index is 2.03. The molecule has 0 aliphatic rings. The van der Waals surface area contributed by atoms with Crippen molar-refractivity contribution < 1.29 is 19.1 Å². The number of carbonyl (C=O) groups is 3. The molecular weight excluding hydrogens is 354 g/mol. The van der Waals surface area contributed by atoms with Crippen LogP contribution in [-0.2, 0) is 14.3 Å². The van der Waals surface area contributed by atoms with Gasteiger partial charge in [0.25, 0.3) is 5.91 Å². The first-order valence-corrected chi connectivity index (χ1v) is 8.48. The minimum Gasteiger partial charge on any atom is -0.452 e. The normalized spacial score (nSPS) is 9.92. The third-order valence-electron chi connectivity index (χ3n) is 3.49. The van der Waals surface area contributed by atoms with Gasteiger partial charge in [-0.1, -0.05) is 6.07 Å². The van der Waals surface area contributed by atoms with Crippen LogP contribution in [0.15, 0.2) is 24.3 Å². The van der Waals surface area contributed by atoms with Crippen LogP contribution >= 0.6 is 11.3 Å². The van der Waals surface area contributed by atoms with E-state index in [0.29, 0.717) is 21.8 Å². The van der Waals surface area contributed by atoms with Crippen molar-refractivity contribution in [2.45, 2.75) is 20.8 Å². The van der Waals surface area contributed by atoms with E-state index in [9.17, 15) is 14.4 Å². The number of thiophene rings is 1. The number of hydrogen-bond acceptors (Lipinski definition) is 6. The zero-order valence-corrected chi connectivity index (χ0v) is 15.3. The smallest absolute Gasteiger partial charge is 0.341 e. The van der Waals surface area contributed by atoms with Crippen molar-refractivity contribution in [3.63, 3.8) is 0 Å². The second-order valence-electron chi connectivity index (χ2n) is 5.49. The van der Waals surface area contributed by atoms with Gasteiger partial charge in [-0.05, 0) is 37.6 Å². The summed E-state index contributed by atoms with van der Waals surface area (Å²) in [5, 5.41) is 14.4. The lowest BCUT2D eigenvalue weighted by atomic mass is 10.1. The zero-order valence-electron chi connectivity index (χ0n) is 14.5. The van der Waals surface area contributed by atoms with Crippen molar-refractivity contribution in [2.24, 2.45) is 0 Å². The van der Waals surface area contributed by atoms with Gasteiger partial charge in [0.1, 0.15) is 5.00 Å². The van der Waals surface area contributed by atoms with Gasteiger partial charge in [0.2, 0.25) is 5.91 Å². The topological polar surface area (TPSA) is 108 Å². The van der Waals surface area contributed by atoms with Crippen LogP contribution < -0.4 is 10.6 Å². The molecule has 0 spiro atoms. The van der Waals surface area contributed by atoms with Crippen LogP contribution in [0, 0.1) is 25.2 Å². The summed E-state index contributed by atoms with van der Waals surface area (Å²) in [5.74, 6) is -1.51. The molecule has 1 aromatic heterocycles. The van der Waals surface area contributed by atoms with E-state index in [2.05, 4.69) is 10.6 Å². The van der Waals surface area contributed by atoms with E-state index in [1.807, 2.05) is 13.0 Å². The molecule has 2 aromatic rings. The van der Waals surface area contributed by atoms with Crippen LogP contribution in [0.2, 0.25) is 0 Å². The van der Waals surface area contributed by atoms with Crippen LogP contribution in [0.4, 0.5) is 10.7 Å². The number of aryl methyl sites for hydroxylation is 1. The maximum Gasteiger partial charge on any atom is 0.341 e. The fourth-order valence-electron chi connectivity index (χ4n) is 2.19. The predicted molar refractivity (Wildman–Crippen MR) is 98.2 cm³/mol. The average molecular weight is 371 g/mol. The fraction of sp³-hybridized carbons (Fsp3) is 0.222. The van der Waals surface area contributed by atoms with Gasteiger partial charge >= 0.3 is 5.97 Å². The molecule has 1 heterocycles. The Hall–Kier alpha value is -3.18. The van der Waals surface area contributed by atoms with Gasteiger partial charge in [-0.25, -0.2) is 4.79 Å². The van der Waals surface area contributed by atoms with Crippen molar-refractivity contribution in [1.29, 1.82) is 5.26 Å². The molecule has 1 aromatic carbocycles. The molecule has 2 N–H and O–H groups in total. The van der Waals surface area contributed by atoms with Crippen molar-refractivity contribution in [1.82, 2.24) is 0 Å². The number of carbonyl (C=O) groups excluding carboxylic acids is 3. The van der Waals surface area contributed by atoms with E-state index in [-0.39, 0.29) is 11.5 Å². The molecule has 0 fully saturated rings. The van der Waals surface area contributed by atoms with Crippen LogP contribution in [0.1, 0.15) is 33.3 Å². The maximum atomic E-state index is 12.3. The molecule has 2 amide bonds. The van der Waals surface area contributed by atoms with Crippen LogP contribution in [0.25, 0.3) is 0 Å². The number of nitrogens with zero attached hydrogens (tertiary/aromatic N) is 1. The second-order valence-corrected chi connectivity index (χ2v) is 6.71. The molecule has 0 bridgehead atoms. The number of benzene rings is 1. The molecule has 0 radical (unpaired) electrons. The lowest BCUT2D eigenvalue weighted by Gasteiger charge is -2.08. The summed E-state index contributed by atoms with van der Waals surface area (Å²) >= 11 is 1.27. The molecule has 0 saturated carbocycles. The fourth-order valence-corrected chi connectivity index (χ4v) is 3.28. The summed E-state index contributed by atoms with van der Waals surface area (Å²) < 4.78 is 5.07. The highest BCUT2D eigenvalue weighted by Gasteiger charge is 2.22. The highest BCUT2D eigenvalue weighted by atomic mass is 32.1. The Morgan fingerprint density at radius 1 is 1.23 bits per heavy atom. The summed E-state index contributed by atoms with van der Waals surface area (Å²) in [6.07, 6.45) is 0. The Morgan fingerprint density at radius 3 is 2.62 bits per heavy atom. The number of nitriles is 1. The van der Waals surface area contributed by atoms with Crippen LogP contribution in [0.5, 0.6) is 0 Å². The van der Waals surface area contributed by atoms with Crippen LogP contribution in [0.3, 0.4) is 0 Å². The Bertz CT molecular complexity index is 912. The number of hydrogen-bond donors (Lipinski definition) is 2. The van der Waals surface area contributed by atoms with E-state index in [0.717, 1.165) is 4.88 Å². The average Bonchev–Trinajstić information content (AvgIpc) is 2.86. The zero-order chi connectivity index (χ0) is 19.3. The summed E-state index contributed by atoms with van der Waals surface area (Å²) in [4.78, 5) is 36.5. The third-order valence-corrected chi connectivity index (χ3v) is 4.61. The van der Waals surface area contributed by atoms with E-state index in [1.54, 1.807) is 25.1 Å². The quantitative estimate of drug-likeness (QED) is 0.786. The lowest BCUT2D eigenvalue weighted by Crippen LogP contribution is -2.21. The van der Waals surface area contributed by atoms with Gasteiger partial charge in [0.15, 0.2) is 6.61 Å². The largest absolute Gasteiger partial charge is 0.452 e. The molecule has 0 saturated heterocycles. The molecule has 0 unspecified atom stereocenters. The molecule has 8 heteroatoms. The first-order chi connectivity index (χ1) is 12.3. The Morgan fingerprint density at radius 2 is 1.96 bits per heavy atom. The number of esters is 1. The van der Waals surface area contributed by atoms with Crippen LogP contribution in [-0.4, -0.2) is 24.4 Å². The summed E-state index contributed by atoms with van der Waals surface area (Å²) in [5.41, 5.74) is 1.79. The number of ether oxygens (including phenoxy) is 1. The van der Waals surface area contributed by atoms with Gasteiger partial charge in [-0.2, -0.15) is 5.26 Å². The standard InChI is InChI=1S/C18H17N3O4S/c1-10-11(2)26-17(20-12(3)22)16(10)18(24)25-9-15(23)21-14-6-4-5-13(7-14)8-19/h4-7H,9H2,1-3H3,(H,20,22)(H,21,23). The molecule has 26 heavy (non-hydrogen) atoms. The van der Waals surface area contributed by atoms with Crippen molar-refractivity contribution in [3.05, 3.63) is 45.8 Å². The molecule has 7 nitrogen and oxygen atoms in total. The van der Waals surface area contributed by atoms with Gasteiger partial charge in [0, 0.05) is 17.5 Å². The lowest BCUT2D eigenvalue weighted by molar-refractivity contribution is -0.119. The molecule has 134 valence electrons.